The van der Waals surface area contributed by atoms with Gasteiger partial charge >= 0.3 is 5.97 Å². The Morgan fingerprint density at radius 2 is 2.16 bits per heavy atom. The van der Waals surface area contributed by atoms with Crippen molar-refractivity contribution in [2.45, 2.75) is 6.42 Å². The van der Waals surface area contributed by atoms with Crippen molar-refractivity contribution in [3.63, 3.8) is 0 Å². The van der Waals surface area contributed by atoms with Gasteiger partial charge in [-0.05, 0) is 6.07 Å². The Balaban J connectivity index is 1.93. The van der Waals surface area contributed by atoms with E-state index in [0.29, 0.717) is 12.1 Å². The molecule has 2 rings (SSSR count). The van der Waals surface area contributed by atoms with Gasteiger partial charge in [0.25, 0.3) is 0 Å². The lowest BCUT2D eigenvalue weighted by molar-refractivity contribution is -0.137. The summed E-state index contributed by atoms with van der Waals surface area (Å²) >= 11 is 0. The zero-order valence-corrected chi connectivity index (χ0v) is 10.6. The summed E-state index contributed by atoms with van der Waals surface area (Å²) in [5.41, 5.74) is 1.50. The van der Waals surface area contributed by atoms with Crippen LogP contribution in [0.25, 0.3) is 0 Å². The second-order valence-electron chi connectivity index (χ2n) is 4.48. The molecule has 1 fully saturated rings. The summed E-state index contributed by atoms with van der Waals surface area (Å²) in [5, 5.41) is 17.7. The van der Waals surface area contributed by atoms with Crippen LogP contribution in [0, 0.1) is 11.3 Å². The maximum absolute atomic E-state index is 10.5. The summed E-state index contributed by atoms with van der Waals surface area (Å²) in [6.07, 6.45) is 3.51. The number of rotatable bonds is 4. The standard InChI is InChI=1S/C13H16N4O2/c14-9-11-1-3-15-10-12(11)17-7-5-16(6-8-17)4-2-13(18)19/h1,3,10H,2,4-8H2,(H,18,19). The minimum Gasteiger partial charge on any atom is -0.481 e. The third-order valence-electron chi connectivity index (χ3n) is 3.28. The molecule has 19 heavy (non-hydrogen) atoms. The Hall–Kier alpha value is -2.13. The van der Waals surface area contributed by atoms with Crippen LogP contribution in [0.1, 0.15) is 12.0 Å². The van der Waals surface area contributed by atoms with Crippen LogP contribution in [-0.2, 0) is 4.79 Å². The zero-order chi connectivity index (χ0) is 13.7. The van der Waals surface area contributed by atoms with Crippen molar-refractivity contribution in [2.24, 2.45) is 0 Å². The fraction of sp³-hybridized carbons (Fsp3) is 0.462. The van der Waals surface area contributed by atoms with Crippen LogP contribution in [0.2, 0.25) is 0 Å². The predicted molar refractivity (Wildman–Crippen MR) is 69.9 cm³/mol. The molecule has 2 heterocycles. The molecule has 0 atom stereocenters. The lowest BCUT2D eigenvalue weighted by Gasteiger charge is -2.35. The van der Waals surface area contributed by atoms with Crippen molar-refractivity contribution in [3.8, 4) is 6.07 Å². The Kier molecular flexibility index (Phi) is 4.31. The molecule has 0 amide bonds. The van der Waals surface area contributed by atoms with Crippen LogP contribution in [0.4, 0.5) is 5.69 Å². The zero-order valence-electron chi connectivity index (χ0n) is 10.6. The van der Waals surface area contributed by atoms with Gasteiger partial charge in [-0.25, -0.2) is 0 Å². The monoisotopic (exact) mass is 260 g/mol. The maximum Gasteiger partial charge on any atom is 0.304 e. The number of carboxylic acid groups (broad SMARTS) is 1. The Morgan fingerprint density at radius 3 is 2.79 bits per heavy atom. The van der Waals surface area contributed by atoms with Gasteiger partial charge in [0, 0.05) is 38.9 Å². The van der Waals surface area contributed by atoms with Gasteiger partial charge in [0.2, 0.25) is 0 Å². The molecule has 1 aromatic heterocycles. The molecule has 1 aliphatic heterocycles. The van der Waals surface area contributed by atoms with E-state index in [-0.39, 0.29) is 6.42 Å². The fourth-order valence-corrected chi connectivity index (χ4v) is 2.20. The van der Waals surface area contributed by atoms with E-state index in [1.807, 2.05) is 0 Å². The number of nitrogens with zero attached hydrogens (tertiary/aromatic N) is 4. The number of hydrogen-bond donors (Lipinski definition) is 1. The van der Waals surface area contributed by atoms with E-state index in [0.717, 1.165) is 31.9 Å². The van der Waals surface area contributed by atoms with Crippen LogP contribution >= 0.6 is 0 Å². The summed E-state index contributed by atoms with van der Waals surface area (Å²) in [5.74, 6) is -0.763. The second-order valence-corrected chi connectivity index (χ2v) is 4.48. The van der Waals surface area contributed by atoms with Gasteiger partial charge in [-0.3, -0.25) is 14.7 Å². The molecule has 0 saturated carbocycles. The Bertz CT molecular complexity index is 490. The number of aromatic nitrogens is 1. The minimum atomic E-state index is -0.763. The van der Waals surface area contributed by atoms with Gasteiger partial charge in [-0.2, -0.15) is 5.26 Å². The van der Waals surface area contributed by atoms with Crippen LogP contribution in [-0.4, -0.2) is 53.7 Å². The van der Waals surface area contributed by atoms with E-state index < -0.39 is 5.97 Å². The van der Waals surface area contributed by atoms with Crippen LogP contribution < -0.4 is 4.90 Å². The highest BCUT2D eigenvalue weighted by molar-refractivity contribution is 5.66. The van der Waals surface area contributed by atoms with Gasteiger partial charge < -0.3 is 10.0 Å². The molecule has 1 N–H and O–H groups in total. The first-order chi connectivity index (χ1) is 9.20. The van der Waals surface area contributed by atoms with E-state index in [2.05, 4.69) is 20.9 Å². The third kappa shape index (κ3) is 3.42. The fourth-order valence-electron chi connectivity index (χ4n) is 2.20. The highest BCUT2D eigenvalue weighted by Crippen LogP contribution is 2.19. The van der Waals surface area contributed by atoms with Crippen molar-refractivity contribution >= 4 is 11.7 Å². The normalized spacial score (nSPS) is 16.1. The van der Waals surface area contributed by atoms with Crippen molar-refractivity contribution < 1.29 is 9.90 Å². The summed E-state index contributed by atoms with van der Waals surface area (Å²) in [6.45, 7) is 3.79. The van der Waals surface area contributed by atoms with Gasteiger partial charge in [0.15, 0.2) is 0 Å². The number of carboxylic acids is 1. The first-order valence-electron chi connectivity index (χ1n) is 6.24. The summed E-state index contributed by atoms with van der Waals surface area (Å²) < 4.78 is 0. The van der Waals surface area contributed by atoms with E-state index in [1.165, 1.54) is 0 Å². The number of carbonyl (C=O) groups is 1. The number of anilines is 1. The molecule has 100 valence electrons. The van der Waals surface area contributed by atoms with E-state index >= 15 is 0 Å². The smallest absolute Gasteiger partial charge is 0.304 e. The molecular formula is C13H16N4O2. The lowest BCUT2D eigenvalue weighted by Crippen LogP contribution is -2.47. The van der Waals surface area contributed by atoms with Gasteiger partial charge in [-0.15, -0.1) is 0 Å². The summed E-state index contributed by atoms with van der Waals surface area (Å²) in [6, 6.07) is 3.89. The summed E-state index contributed by atoms with van der Waals surface area (Å²) in [7, 11) is 0. The number of nitriles is 1. The average Bonchev–Trinajstić information content (AvgIpc) is 2.45. The van der Waals surface area contributed by atoms with Gasteiger partial charge in [0.05, 0.1) is 23.9 Å². The lowest BCUT2D eigenvalue weighted by atomic mass is 10.2. The number of piperazine rings is 1. The van der Waals surface area contributed by atoms with Crippen LogP contribution in [0.15, 0.2) is 18.5 Å². The van der Waals surface area contributed by atoms with E-state index in [9.17, 15) is 4.79 Å². The molecule has 0 radical (unpaired) electrons. The molecule has 0 bridgehead atoms. The Morgan fingerprint density at radius 1 is 1.42 bits per heavy atom. The Labute approximate surface area is 111 Å². The van der Waals surface area contributed by atoms with Crippen molar-refractivity contribution in [2.75, 3.05) is 37.6 Å². The minimum absolute atomic E-state index is 0.177. The number of aliphatic carboxylic acids is 1. The SMILES string of the molecule is N#Cc1ccncc1N1CCN(CCC(=O)O)CC1. The topological polar surface area (TPSA) is 80.5 Å². The number of pyridine rings is 1. The second kappa shape index (κ2) is 6.16. The van der Waals surface area contributed by atoms with Crippen LogP contribution in [0.3, 0.4) is 0 Å². The highest BCUT2D eigenvalue weighted by atomic mass is 16.4. The molecule has 0 unspecified atom stereocenters. The summed E-state index contributed by atoms with van der Waals surface area (Å²) in [4.78, 5) is 18.9. The first-order valence-corrected chi connectivity index (χ1v) is 6.24. The molecule has 0 aromatic carbocycles. The van der Waals surface area contributed by atoms with Crippen molar-refractivity contribution in [3.05, 3.63) is 24.0 Å². The first kappa shape index (κ1) is 13.3. The molecule has 6 nitrogen and oxygen atoms in total. The van der Waals surface area contributed by atoms with E-state index in [4.69, 9.17) is 10.4 Å². The molecule has 1 aliphatic rings. The maximum atomic E-state index is 10.5. The third-order valence-corrected chi connectivity index (χ3v) is 3.28. The molecular weight excluding hydrogens is 244 g/mol. The average molecular weight is 260 g/mol. The van der Waals surface area contributed by atoms with Crippen LogP contribution in [0.5, 0.6) is 0 Å². The van der Waals surface area contributed by atoms with Crippen molar-refractivity contribution in [1.82, 2.24) is 9.88 Å². The predicted octanol–water partition coefficient (Wildman–Crippen LogP) is 0.550. The molecule has 6 heteroatoms. The van der Waals surface area contributed by atoms with Gasteiger partial charge in [-0.1, -0.05) is 0 Å². The van der Waals surface area contributed by atoms with E-state index in [1.54, 1.807) is 18.5 Å². The molecule has 1 saturated heterocycles. The van der Waals surface area contributed by atoms with Crippen molar-refractivity contribution in [1.29, 1.82) is 5.26 Å². The molecule has 0 aliphatic carbocycles. The van der Waals surface area contributed by atoms with Gasteiger partial charge in [0.1, 0.15) is 6.07 Å². The number of hydrogen-bond acceptors (Lipinski definition) is 5. The quantitative estimate of drug-likeness (QED) is 0.851. The highest BCUT2D eigenvalue weighted by Gasteiger charge is 2.19. The largest absolute Gasteiger partial charge is 0.481 e. The molecule has 1 aromatic rings. The molecule has 0 spiro atoms.